The maximum atomic E-state index is 14.3. The summed E-state index contributed by atoms with van der Waals surface area (Å²) in [4.78, 5) is 20.5. The fourth-order valence-electron chi connectivity index (χ4n) is 6.60. The zero-order valence-corrected chi connectivity index (χ0v) is 24.0. The number of alkyl halides is 2. The molecule has 2 aliphatic rings. The highest BCUT2D eigenvalue weighted by molar-refractivity contribution is 6.01. The van der Waals surface area contributed by atoms with Crippen LogP contribution in [-0.2, 0) is 13.6 Å². The van der Waals surface area contributed by atoms with Crippen molar-refractivity contribution in [3.8, 4) is 28.4 Å². The van der Waals surface area contributed by atoms with Crippen LogP contribution in [0.15, 0.2) is 48.8 Å². The lowest BCUT2D eigenvalue weighted by molar-refractivity contribution is 0.0671. The fourth-order valence-corrected chi connectivity index (χ4v) is 6.60. The van der Waals surface area contributed by atoms with Gasteiger partial charge in [-0.25, -0.2) is 13.8 Å². The van der Waals surface area contributed by atoms with E-state index in [1.54, 1.807) is 25.6 Å². The lowest BCUT2D eigenvalue weighted by Gasteiger charge is -2.32. The Morgan fingerprint density at radius 2 is 2.05 bits per heavy atom. The Bertz CT molecular complexity index is 1800. The summed E-state index contributed by atoms with van der Waals surface area (Å²) in [5.41, 5.74) is 5.31. The van der Waals surface area contributed by atoms with Crippen molar-refractivity contribution in [1.82, 2.24) is 29.2 Å². The third-order valence-electron chi connectivity index (χ3n) is 9.10. The third-order valence-corrected chi connectivity index (χ3v) is 9.10. The number of carbonyl (C=O) groups is 1. The second-order valence-corrected chi connectivity index (χ2v) is 11.7. The fraction of sp³-hybridized carbons (Fsp3) is 0.406. The molecule has 2 atom stereocenters. The lowest BCUT2D eigenvalue weighted by atomic mass is 9.95. The standard InChI is InChI=1S/C32H34F2N6O2/c1-4-19-7-6-10-39(17-19)31(41)21-11-25-29(27(13-21)42-3)38(2)30(37-25)26-12-20-8-5-9-24(22-15-35-36-16-22)28(20)40(26)18-23-14-32(23,33)34/h5,8-9,11-13,15-16,19,23H,4,6-7,10,14,17-18H2,1-3H3,(H,35,36)/t19-,23?/m1/s1. The molecule has 2 aromatic carbocycles. The summed E-state index contributed by atoms with van der Waals surface area (Å²) >= 11 is 0. The highest BCUT2D eigenvalue weighted by atomic mass is 19.3. The van der Waals surface area contributed by atoms with Gasteiger partial charge in [-0.05, 0) is 37.0 Å². The van der Waals surface area contributed by atoms with Gasteiger partial charge in [-0.2, -0.15) is 5.10 Å². The normalized spacial score (nSPS) is 20.0. The lowest BCUT2D eigenvalue weighted by Crippen LogP contribution is -2.39. The largest absolute Gasteiger partial charge is 0.494 e. The number of rotatable bonds is 7. The molecule has 42 heavy (non-hydrogen) atoms. The number of carbonyl (C=O) groups excluding carboxylic acids is 1. The molecule has 8 nitrogen and oxygen atoms in total. The van der Waals surface area contributed by atoms with Crippen LogP contribution in [0, 0.1) is 11.8 Å². The highest BCUT2D eigenvalue weighted by Gasteiger charge is 2.57. The number of H-pyrrole nitrogens is 1. The van der Waals surface area contributed by atoms with E-state index in [4.69, 9.17) is 9.72 Å². The number of amides is 1. The van der Waals surface area contributed by atoms with Gasteiger partial charge in [0.15, 0.2) is 5.82 Å². The van der Waals surface area contributed by atoms with E-state index in [1.165, 1.54) is 0 Å². The van der Waals surface area contributed by atoms with Crippen LogP contribution >= 0.6 is 0 Å². The summed E-state index contributed by atoms with van der Waals surface area (Å²) in [5, 5.41) is 7.90. The number of ether oxygens (including phenoxy) is 1. The molecule has 0 spiro atoms. The highest BCUT2D eigenvalue weighted by Crippen LogP contribution is 2.51. The molecule has 3 aromatic heterocycles. The van der Waals surface area contributed by atoms with Crippen LogP contribution in [0.3, 0.4) is 0 Å². The molecule has 1 N–H and O–H groups in total. The van der Waals surface area contributed by atoms with Gasteiger partial charge >= 0.3 is 0 Å². The predicted octanol–water partition coefficient (Wildman–Crippen LogP) is 6.51. The molecule has 1 aliphatic heterocycles. The predicted molar refractivity (Wildman–Crippen MR) is 158 cm³/mol. The number of benzene rings is 2. The number of fused-ring (bicyclic) bond motifs is 2. The first kappa shape index (κ1) is 26.7. The second-order valence-electron chi connectivity index (χ2n) is 11.7. The number of nitrogens with one attached hydrogen (secondary N) is 1. The second kappa shape index (κ2) is 9.96. The Balaban J connectivity index is 1.37. The number of aromatic amines is 1. The molecule has 1 saturated carbocycles. The molecule has 4 heterocycles. The molecule has 10 heteroatoms. The number of hydrogen-bond acceptors (Lipinski definition) is 4. The zero-order valence-electron chi connectivity index (χ0n) is 24.0. The number of aryl methyl sites for hydroxylation is 1. The maximum Gasteiger partial charge on any atom is 0.254 e. The minimum atomic E-state index is -2.67. The quantitative estimate of drug-likeness (QED) is 0.241. The van der Waals surface area contributed by atoms with Crippen LogP contribution < -0.4 is 4.74 Å². The SMILES string of the molecule is CC[C@@H]1CCCN(C(=O)c2cc(OC)c3c(c2)nc(-c2cc4cccc(-c5cn[nH]c5)c4n2CC2CC2(F)F)n3C)C1. The summed E-state index contributed by atoms with van der Waals surface area (Å²) in [7, 11) is 3.49. The van der Waals surface area contributed by atoms with Gasteiger partial charge in [-0.1, -0.05) is 31.5 Å². The van der Waals surface area contributed by atoms with Crippen LogP contribution in [0.2, 0.25) is 0 Å². The van der Waals surface area contributed by atoms with Crippen molar-refractivity contribution in [1.29, 1.82) is 0 Å². The average molecular weight is 573 g/mol. The molecule has 5 aromatic rings. The van der Waals surface area contributed by atoms with Gasteiger partial charge in [0.25, 0.3) is 11.8 Å². The van der Waals surface area contributed by atoms with E-state index >= 15 is 0 Å². The Labute approximate surface area is 242 Å². The van der Waals surface area contributed by atoms with E-state index in [2.05, 4.69) is 17.1 Å². The molecule has 1 saturated heterocycles. The van der Waals surface area contributed by atoms with Gasteiger partial charge in [-0.3, -0.25) is 9.89 Å². The molecule has 2 fully saturated rings. The van der Waals surface area contributed by atoms with Gasteiger partial charge in [0, 0.05) is 67.3 Å². The van der Waals surface area contributed by atoms with E-state index < -0.39 is 11.8 Å². The van der Waals surface area contributed by atoms with Gasteiger partial charge in [0.2, 0.25) is 0 Å². The van der Waals surface area contributed by atoms with Gasteiger partial charge in [0.05, 0.1) is 30.0 Å². The first-order valence-corrected chi connectivity index (χ1v) is 14.6. The smallest absolute Gasteiger partial charge is 0.254 e. The molecule has 0 bridgehead atoms. The van der Waals surface area contributed by atoms with Crippen LogP contribution in [0.4, 0.5) is 8.78 Å². The third kappa shape index (κ3) is 4.35. The Morgan fingerprint density at radius 3 is 2.76 bits per heavy atom. The number of methoxy groups -OCH3 is 1. The summed E-state index contributed by atoms with van der Waals surface area (Å²) in [5.74, 6) is -1.74. The van der Waals surface area contributed by atoms with E-state index in [-0.39, 0.29) is 18.9 Å². The van der Waals surface area contributed by atoms with Crippen LogP contribution in [-0.4, -0.2) is 61.2 Å². The Morgan fingerprint density at radius 1 is 1.21 bits per heavy atom. The molecular formula is C32H34F2N6O2. The number of halogens is 2. The van der Waals surface area contributed by atoms with E-state index in [9.17, 15) is 13.6 Å². The number of likely N-dealkylation sites (tertiary alicyclic amines) is 1. The van der Waals surface area contributed by atoms with Crippen molar-refractivity contribution in [3.63, 3.8) is 0 Å². The van der Waals surface area contributed by atoms with Crippen molar-refractivity contribution in [2.45, 2.75) is 45.1 Å². The molecule has 0 radical (unpaired) electrons. The first-order valence-electron chi connectivity index (χ1n) is 14.6. The molecular weight excluding hydrogens is 538 g/mol. The number of nitrogens with zero attached hydrogens (tertiary/aromatic N) is 5. The minimum Gasteiger partial charge on any atom is -0.494 e. The molecule has 1 unspecified atom stereocenters. The topological polar surface area (TPSA) is 81.0 Å². The van der Waals surface area contributed by atoms with Crippen molar-refractivity contribution in [2.24, 2.45) is 18.9 Å². The Hall–Kier alpha value is -4.21. The number of piperidine rings is 1. The monoisotopic (exact) mass is 572 g/mol. The van der Waals surface area contributed by atoms with Gasteiger partial charge in [-0.15, -0.1) is 0 Å². The van der Waals surface area contributed by atoms with E-state index in [0.29, 0.717) is 28.6 Å². The molecule has 1 amide bonds. The summed E-state index contributed by atoms with van der Waals surface area (Å²) in [6.45, 7) is 3.84. The molecule has 218 valence electrons. The maximum absolute atomic E-state index is 14.3. The summed E-state index contributed by atoms with van der Waals surface area (Å²) < 4.78 is 38.2. The van der Waals surface area contributed by atoms with E-state index in [1.807, 2.05) is 51.4 Å². The molecule has 7 rings (SSSR count). The number of aromatic nitrogens is 5. The van der Waals surface area contributed by atoms with Crippen molar-refractivity contribution in [2.75, 3.05) is 20.2 Å². The summed E-state index contributed by atoms with van der Waals surface area (Å²) in [6, 6.07) is 11.6. The van der Waals surface area contributed by atoms with Crippen molar-refractivity contribution in [3.05, 3.63) is 54.4 Å². The first-order chi connectivity index (χ1) is 20.3. The zero-order chi connectivity index (χ0) is 29.2. The van der Waals surface area contributed by atoms with Crippen LogP contribution in [0.1, 0.15) is 43.0 Å². The van der Waals surface area contributed by atoms with Crippen LogP contribution in [0.5, 0.6) is 5.75 Å². The minimum absolute atomic E-state index is 0.0182. The van der Waals surface area contributed by atoms with Crippen molar-refractivity contribution < 1.29 is 18.3 Å². The number of imidazole rings is 1. The Kier molecular flexibility index (Phi) is 6.32. The van der Waals surface area contributed by atoms with E-state index in [0.717, 1.165) is 65.6 Å². The van der Waals surface area contributed by atoms with Crippen LogP contribution in [0.25, 0.3) is 44.6 Å². The average Bonchev–Trinajstić information content (AvgIpc) is 3.45. The van der Waals surface area contributed by atoms with Gasteiger partial charge < -0.3 is 18.8 Å². The summed E-state index contributed by atoms with van der Waals surface area (Å²) in [6.07, 6.45) is 6.62. The molecule has 1 aliphatic carbocycles. The number of para-hydroxylation sites is 1. The number of hydrogen-bond donors (Lipinski definition) is 1. The van der Waals surface area contributed by atoms with Crippen molar-refractivity contribution >= 4 is 27.8 Å². The van der Waals surface area contributed by atoms with Gasteiger partial charge in [0.1, 0.15) is 11.3 Å².